The maximum atomic E-state index is 13.0. The van der Waals surface area contributed by atoms with Gasteiger partial charge >= 0.3 is 6.18 Å². The molecule has 1 aromatic carbocycles. The SMILES string of the molecule is Cc1oc2ccccc2c1C(C(F)(F)F)S(=O)(=O)Cl. The van der Waals surface area contributed by atoms with Crippen LogP contribution in [0.3, 0.4) is 0 Å². The van der Waals surface area contributed by atoms with Crippen molar-refractivity contribution in [3.05, 3.63) is 35.6 Å². The van der Waals surface area contributed by atoms with Crippen LogP contribution in [0.4, 0.5) is 13.2 Å². The second kappa shape index (κ2) is 4.42. The number of furan rings is 1. The fraction of sp³-hybridized carbons (Fsp3) is 0.273. The highest BCUT2D eigenvalue weighted by molar-refractivity contribution is 8.14. The van der Waals surface area contributed by atoms with Crippen molar-refractivity contribution in [1.82, 2.24) is 0 Å². The Morgan fingerprint density at radius 1 is 1.26 bits per heavy atom. The Morgan fingerprint density at radius 2 is 1.84 bits per heavy atom. The summed E-state index contributed by atoms with van der Waals surface area (Å²) in [5, 5.41) is -2.71. The minimum atomic E-state index is -5.02. The zero-order valence-electron chi connectivity index (χ0n) is 9.53. The fourth-order valence-corrected chi connectivity index (χ4v) is 3.44. The molecular formula is C11H8ClF3O3S. The molecule has 104 valence electrons. The summed E-state index contributed by atoms with van der Waals surface area (Å²) in [6, 6.07) is 5.89. The number of fused-ring (bicyclic) bond motifs is 1. The molecule has 0 fully saturated rings. The van der Waals surface area contributed by atoms with E-state index >= 15 is 0 Å². The van der Waals surface area contributed by atoms with Gasteiger partial charge in [-0.25, -0.2) is 8.42 Å². The van der Waals surface area contributed by atoms with Gasteiger partial charge in [0.05, 0.1) is 0 Å². The summed E-state index contributed by atoms with van der Waals surface area (Å²) in [5.74, 6) is -0.118. The van der Waals surface area contributed by atoms with Crippen LogP contribution in [-0.2, 0) is 9.05 Å². The van der Waals surface area contributed by atoms with Crippen LogP contribution >= 0.6 is 10.7 Å². The lowest BCUT2D eigenvalue weighted by atomic mass is 10.1. The van der Waals surface area contributed by atoms with E-state index in [9.17, 15) is 21.6 Å². The number of para-hydroxylation sites is 1. The monoisotopic (exact) mass is 312 g/mol. The molecule has 2 aromatic rings. The van der Waals surface area contributed by atoms with E-state index in [1.807, 2.05) is 0 Å². The third-order valence-electron chi connectivity index (χ3n) is 2.66. The van der Waals surface area contributed by atoms with Crippen molar-refractivity contribution >= 4 is 30.7 Å². The second-order valence-corrected chi connectivity index (χ2v) is 6.68. The maximum absolute atomic E-state index is 13.0. The molecule has 1 unspecified atom stereocenters. The van der Waals surface area contributed by atoms with Gasteiger partial charge in [-0.1, -0.05) is 18.2 Å². The highest BCUT2D eigenvalue weighted by Crippen LogP contribution is 2.45. The number of hydrogen-bond donors (Lipinski definition) is 0. The summed E-state index contributed by atoms with van der Waals surface area (Å²) in [6.45, 7) is 1.27. The first-order valence-electron chi connectivity index (χ1n) is 5.10. The topological polar surface area (TPSA) is 47.3 Å². The van der Waals surface area contributed by atoms with Crippen LogP contribution < -0.4 is 0 Å². The average Bonchev–Trinajstić information content (AvgIpc) is 2.52. The minimum absolute atomic E-state index is 0.0894. The van der Waals surface area contributed by atoms with E-state index in [1.165, 1.54) is 25.1 Å². The Kier molecular flexibility index (Phi) is 3.30. The summed E-state index contributed by atoms with van der Waals surface area (Å²) < 4.78 is 66.6. The van der Waals surface area contributed by atoms with Crippen molar-refractivity contribution in [2.45, 2.75) is 18.3 Å². The summed E-state index contributed by atoms with van der Waals surface area (Å²) in [4.78, 5) is 0. The average molecular weight is 313 g/mol. The van der Waals surface area contributed by atoms with Crippen LogP contribution in [0.25, 0.3) is 11.0 Å². The van der Waals surface area contributed by atoms with Crippen molar-refractivity contribution in [3.8, 4) is 0 Å². The van der Waals surface area contributed by atoms with E-state index in [4.69, 9.17) is 15.1 Å². The predicted octanol–water partition coefficient (Wildman–Crippen LogP) is 3.91. The fourth-order valence-electron chi connectivity index (χ4n) is 1.98. The predicted molar refractivity (Wildman–Crippen MR) is 64.5 cm³/mol. The first kappa shape index (κ1) is 14.2. The minimum Gasteiger partial charge on any atom is -0.461 e. The Labute approximate surface area is 111 Å². The largest absolute Gasteiger partial charge is 0.461 e. The summed E-state index contributed by atoms with van der Waals surface area (Å²) in [7, 11) is 0.0859. The van der Waals surface area contributed by atoms with Crippen LogP contribution in [0.1, 0.15) is 16.6 Å². The van der Waals surface area contributed by atoms with Crippen molar-refractivity contribution in [3.63, 3.8) is 0 Å². The molecule has 0 N–H and O–H groups in total. The van der Waals surface area contributed by atoms with Crippen molar-refractivity contribution in [2.24, 2.45) is 0 Å². The Hall–Kier alpha value is -1.21. The van der Waals surface area contributed by atoms with Gasteiger partial charge in [-0.15, -0.1) is 0 Å². The molecule has 1 heterocycles. The summed E-state index contributed by atoms with van der Waals surface area (Å²) in [6.07, 6.45) is -5.02. The Bertz CT molecular complexity index is 718. The van der Waals surface area contributed by atoms with Gasteiger partial charge < -0.3 is 4.42 Å². The smallest absolute Gasteiger partial charge is 0.410 e. The number of alkyl halides is 3. The maximum Gasteiger partial charge on any atom is 0.410 e. The first-order valence-corrected chi connectivity index (χ1v) is 7.48. The first-order chi connectivity index (χ1) is 8.62. The van der Waals surface area contributed by atoms with Gasteiger partial charge in [-0.3, -0.25) is 0 Å². The standard InChI is InChI=1S/C11H8ClF3O3S/c1-6-9(7-4-2-3-5-8(7)18-6)10(11(13,14)15)19(12,16)17/h2-5,10H,1H3. The quantitative estimate of drug-likeness (QED) is 0.790. The molecule has 8 heteroatoms. The number of rotatable bonds is 2. The number of benzene rings is 1. The number of hydrogen-bond acceptors (Lipinski definition) is 3. The third kappa shape index (κ3) is 2.57. The molecule has 0 saturated carbocycles. The molecule has 0 aliphatic rings. The van der Waals surface area contributed by atoms with Gasteiger partial charge in [-0.05, 0) is 13.0 Å². The van der Waals surface area contributed by atoms with Crippen LogP contribution in [0.2, 0.25) is 0 Å². The Morgan fingerprint density at radius 3 is 2.37 bits per heavy atom. The molecule has 0 radical (unpaired) electrons. The molecule has 2 rings (SSSR count). The van der Waals surface area contributed by atoms with Crippen molar-refractivity contribution in [2.75, 3.05) is 0 Å². The lowest BCUT2D eigenvalue weighted by Gasteiger charge is -2.17. The third-order valence-corrected chi connectivity index (χ3v) is 4.26. The van der Waals surface area contributed by atoms with E-state index in [1.54, 1.807) is 6.07 Å². The van der Waals surface area contributed by atoms with Crippen LogP contribution in [0, 0.1) is 6.92 Å². The van der Waals surface area contributed by atoms with E-state index < -0.39 is 26.0 Å². The molecule has 19 heavy (non-hydrogen) atoms. The molecule has 0 spiro atoms. The lowest BCUT2D eigenvalue weighted by Crippen LogP contribution is -2.26. The molecule has 1 aromatic heterocycles. The van der Waals surface area contributed by atoms with E-state index in [0.717, 1.165) is 0 Å². The van der Waals surface area contributed by atoms with Gasteiger partial charge in [0.2, 0.25) is 9.05 Å². The van der Waals surface area contributed by atoms with Gasteiger partial charge in [0.25, 0.3) is 0 Å². The van der Waals surface area contributed by atoms with Gasteiger partial charge in [0.1, 0.15) is 11.3 Å². The van der Waals surface area contributed by atoms with Gasteiger partial charge in [-0.2, -0.15) is 13.2 Å². The molecule has 0 aliphatic carbocycles. The molecule has 3 nitrogen and oxygen atoms in total. The highest BCUT2D eigenvalue weighted by atomic mass is 35.7. The second-order valence-electron chi connectivity index (χ2n) is 3.97. The Balaban J connectivity index is 2.81. The van der Waals surface area contributed by atoms with Gasteiger partial charge in [0, 0.05) is 21.6 Å². The van der Waals surface area contributed by atoms with E-state index in [2.05, 4.69) is 0 Å². The summed E-state index contributed by atoms with van der Waals surface area (Å²) in [5.41, 5.74) is -0.275. The molecule has 1 atom stereocenters. The van der Waals surface area contributed by atoms with Gasteiger partial charge in [0.15, 0.2) is 5.25 Å². The van der Waals surface area contributed by atoms with Crippen LogP contribution in [0.5, 0.6) is 0 Å². The molecule has 0 bridgehead atoms. The van der Waals surface area contributed by atoms with E-state index in [0.29, 0.717) is 0 Å². The zero-order valence-corrected chi connectivity index (χ0v) is 11.1. The van der Waals surface area contributed by atoms with Crippen LogP contribution in [-0.4, -0.2) is 14.6 Å². The highest BCUT2D eigenvalue weighted by Gasteiger charge is 2.51. The molecular weight excluding hydrogens is 305 g/mol. The summed E-state index contributed by atoms with van der Waals surface area (Å²) >= 11 is 0. The zero-order chi connectivity index (χ0) is 14.4. The molecule has 0 aliphatic heterocycles. The molecule has 0 saturated heterocycles. The van der Waals surface area contributed by atoms with Crippen LogP contribution in [0.15, 0.2) is 28.7 Å². The van der Waals surface area contributed by atoms with Crippen molar-refractivity contribution < 1.29 is 26.0 Å². The molecule has 0 amide bonds. The number of halogens is 4. The van der Waals surface area contributed by atoms with E-state index in [-0.39, 0.29) is 16.7 Å². The lowest BCUT2D eigenvalue weighted by molar-refractivity contribution is -0.131. The van der Waals surface area contributed by atoms with Crippen molar-refractivity contribution in [1.29, 1.82) is 0 Å². The number of aryl methyl sites for hydroxylation is 1. The normalized spacial score (nSPS) is 14.8.